The number of nitro benzene ring substituents is 1. The summed E-state index contributed by atoms with van der Waals surface area (Å²) in [6, 6.07) is 5.79. The van der Waals surface area contributed by atoms with Crippen molar-refractivity contribution in [2.24, 2.45) is 5.92 Å². The third-order valence-corrected chi connectivity index (χ3v) is 4.58. The van der Waals surface area contributed by atoms with Gasteiger partial charge in [0.05, 0.1) is 16.6 Å². The lowest BCUT2D eigenvalue weighted by molar-refractivity contribution is -0.384. The first-order valence-corrected chi connectivity index (χ1v) is 9.03. The van der Waals surface area contributed by atoms with E-state index in [1.54, 1.807) is 6.07 Å². The largest absolute Gasteiger partial charge is 0.454 e. The lowest BCUT2D eigenvalue weighted by atomic mass is 10.0. The monoisotopic (exact) mass is 386 g/mol. The van der Waals surface area contributed by atoms with Gasteiger partial charge in [-0.1, -0.05) is 12.8 Å². The number of hydrogen-bond acceptors (Lipinski definition) is 8. The van der Waals surface area contributed by atoms with Crippen LogP contribution in [0.15, 0.2) is 18.2 Å². The van der Waals surface area contributed by atoms with Crippen molar-refractivity contribution >= 4 is 28.8 Å². The Hall–Kier alpha value is -3.28. The van der Waals surface area contributed by atoms with E-state index in [0.29, 0.717) is 5.69 Å². The summed E-state index contributed by atoms with van der Waals surface area (Å²) in [6.07, 6.45) is 4.08. The first-order valence-electron chi connectivity index (χ1n) is 9.03. The van der Waals surface area contributed by atoms with E-state index >= 15 is 0 Å². The summed E-state index contributed by atoms with van der Waals surface area (Å²) in [5, 5.41) is 27.8. The van der Waals surface area contributed by atoms with Gasteiger partial charge in [-0.25, -0.2) is 4.79 Å². The predicted octanol–water partition coefficient (Wildman–Crippen LogP) is 2.88. The van der Waals surface area contributed by atoms with Gasteiger partial charge < -0.3 is 15.0 Å². The highest BCUT2D eigenvalue weighted by molar-refractivity contribution is 6.06. The fourth-order valence-electron chi connectivity index (χ4n) is 3.09. The van der Waals surface area contributed by atoms with Gasteiger partial charge >= 0.3 is 5.97 Å². The van der Waals surface area contributed by atoms with Crippen LogP contribution in [-0.2, 0) is 9.53 Å². The molecule has 0 aromatic heterocycles. The maximum absolute atomic E-state index is 12.2. The molecule has 0 amide bonds. The average molecular weight is 386 g/mol. The molecule has 0 radical (unpaired) electrons. The number of benzene rings is 1. The van der Waals surface area contributed by atoms with Gasteiger partial charge in [-0.05, 0) is 31.9 Å². The molecule has 0 bridgehead atoms. The Bertz CT molecular complexity index is 822. The van der Waals surface area contributed by atoms with Crippen LogP contribution in [0.1, 0.15) is 43.0 Å². The number of nitrogens with zero attached hydrogens (tertiary/aromatic N) is 3. The zero-order chi connectivity index (χ0) is 20.7. The number of hydrogen-bond donors (Lipinski definition) is 1. The van der Waals surface area contributed by atoms with Crippen molar-refractivity contribution in [1.82, 2.24) is 0 Å². The number of nitrogens with one attached hydrogen (secondary N) is 1. The van der Waals surface area contributed by atoms with Crippen molar-refractivity contribution in [2.75, 3.05) is 24.6 Å². The van der Waals surface area contributed by atoms with E-state index < -0.39 is 29.2 Å². The average Bonchev–Trinajstić information content (AvgIpc) is 2.95. The fraction of sp³-hybridized carbons (Fsp3) is 0.474. The maximum Gasteiger partial charge on any atom is 0.338 e. The molecule has 1 heterocycles. The van der Waals surface area contributed by atoms with Crippen LogP contribution < -0.4 is 4.90 Å². The molecule has 1 aliphatic rings. The molecule has 0 spiro atoms. The molecule has 9 heteroatoms. The van der Waals surface area contributed by atoms with Crippen LogP contribution >= 0.6 is 0 Å². The van der Waals surface area contributed by atoms with Gasteiger partial charge in [0.2, 0.25) is 0 Å². The van der Waals surface area contributed by atoms with Crippen LogP contribution in [0.4, 0.5) is 11.4 Å². The molecule has 1 atom stereocenters. The number of nitro groups is 1. The topological polar surface area (TPSA) is 137 Å². The maximum atomic E-state index is 12.2. The van der Waals surface area contributed by atoms with Crippen LogP contribution in [0.2, 0.25) is 0 Å². The molecule has 1 saturated heterocycles. The molecule has 1 unspecified atom stereocenters. The predicted molar refractivity (Wildman–Crippen MR) is 102 cm³/mol. The van der Waals surface area contributed by atoms with Gasteiger partial charge in [-0.15, -0.1) is 0 Å². The van der Waals surface area contributed by atoms with Crippen molar-refractivity contribution in [1.29, 1.82) is 10.7 Å². The number of esters is 1. The Morgan fingerprint density at radius 3 is 2.50 bits per heavy atom. The first-order chi connectivity index (χ1) is 13.3. The summed E-state index contributed by atoms with van der Waals surface area (Å²) >= 11 is 0. The van der Waals surface area contributed by atoms with Crippen LogP contribution in [0, 0.1) is 32.8 Å². The number of ether oxygens (including phenoxy) is 1. The van der Waals surface area contributed by atoms with Crippen molar-refractivity contribution in [2.45, 2.75) is 32.6 Å². The number of rotatable bonds is 7. The van der Waals surface area contributed by atoms with E-state index in [0.717, 1.165) is 44.8 Å². The highest BCUT2D eigenvalue weighted by Gasteiger charge is 2.25. The third-order valence-electron chi connectivity index (χ3n) is 4.58. The molecule has 1 fully saturated rings. The summed E-state index contributed by atoms with van der Waals surface area (Å²) in [5.41, 5.74) is 0.0931. The minimum atomic E-state index is -1.27. The van der Waals surface area contributed by atoms with E-state index in [2.05, 4.69) is 0 Å². The molecule has 1 aromatic carbocycles. The summed E-state index contributed by atoms with van der Waals surface area (Å²) < 4.78 is 4.89. The Balaban J connectivity index is 2.15. The van der Waals surface area contributed by atoms with Gasteiger partial charge in [0.15, 0.2) is 12.4 Å². The second-order valence-corrected chi connectivity index (χ2v) is 6.65. The molecule has 28 heavy (non-hydrogen) atoms. The summed E-state index contributed by atoms with van der Waals surface area (Å²) in [4.78, 5) is 37.0. The Morgan fingerprint density at radius 1 is 1.32 bits per heavy atom. The molecule has 1 aromatic rings. The molecule has 0 saturated carbocycles. The number of nitriles is 1. The first kappa shape index (κ1) is 21.0. The Kier molecular flexibility index (Phi) is 7.21. The Morgan fingerprint density at radius 2 is 1.96 bits per heavy atom. The summed E-state index contributed by atoms with van der Waals surface area (Å²) in [5.74, 6) is -2.87. The van der Waals surface area contributed by atoms with E-state index in [9.17, 15) is 19.7 Å². The summed E-state index contributed by atoms with van der Waals surface area (Å²) in [6.45, 7) is 2.09. The van der Waals surface area contributed by atoms with Crippen molar-refractivity contribution in [3.05, 3.63) is 33.9 Å². The second-order valence-electron chi connectivity index (χ2n) is 6.65. The van der Waals surface area contributed by atoms with Gasteiger partial charge in [-0.2, -0.15) is 5.26 Å². The molecular formula is C19H22N4O5. The van der Waals surface area contributed by atoms with Crippen LogP contribution in [-0.4, -0.2) is 42.1 Å². The Labute approximate surface area is 162 Å². The van der Waals surface area contributed by atoms with Crippen LogP contribution in [0.3, 0.4) is 0 Å². The molecular weight excluding hydrogens is 364 g/mol. The SMILES string of the molecule is CC(=N)C(C#N)C(=O)COC(=O)c1ccc(N2CCCCCC2)c([N+](=O)[O-])c1. The molecule has 9 nitrogen and oxygen atoms in total. The van der Waals surface area contributed by atoms with E-state index in [1.807, 2.05) is 4.90 Å². The third kappa shape index (κ3) is 5.13. The molecule has 1 aliphatic heterocycles. The molecule has 1 N–H and O–H groups in total. The highest BCUT2D eigenvalue weighted by atomic mass is 16.6. The van der Waals surface area contributed by atoms with Gasteiger partial charge in [-0.3, -0.25) is 14.9 Å². The lowest BCUT2D eigenvalue weighted by Crippen LogP contribution is -2.26. The number of carbonyl (C=O) groups excluding carboxylic acids is 2. The minimum Gasteiger partial charge on any atom is -0.454 e. The molecule has 0 aliphatic carbocycles. The van der Waals surface area contributed by atoms with Crippen molar-refractivity contribution < 1.29 is 19.2 Å². The summed E-state index contributed by atoms with van der Waals surface area (Å²) in [7, 11) is 0. The zero-order valence-corrected chi connectivity index (χ0v) is 15.6. The second kappa shape index (κ2) is 9.60. The number of Topliss-reactive ketones (excluding diaryl/α,β-unsaturated/α-hetero) is 1. The number of ketones is 1. The lowest BCUT2D eigenvalue weighted by Gasteiger charge is -2.22. The molecule has 2 rings (SSSR count). The normalized spacial score (nSPS) is 15.1. The van der Waals surface area contributed by atoms with E-state index in [4.69, 9.17) is 15.4 Å². The van der Waals surface area contributed by atoms with Crippen molar-refractivity contribution in [3.8, 4) is 6.07 Å². The molecule has 148 valence electrons. The standard InChI is InChI=1S/C19H22N4O5/c1-13(21)15(11-20)18(24)12-28-19(25)14-6-7-16(17(10-14)23(26)27)22-8-4-2-3-5-9-22/h6-7,10,15,21H,2-5,8-9,12H2,1H3. The van der Waals surface area contributed by atoms with E-state index in [-0.39, 0.29) is 17.0 Å². The minimum absolute atomic E-state index is 0.0434. The smallest absolute Gasteiger partial charge is 0.338 e. The van der Waals surface area contributed by atoms with Crippen molar-refractivity contribution in [3.63, 3.8) is 0 Å². The van der Waals surface area contributed by atoms with Gasteiger partial charge in [0.1, 0.15) is 11.6 Å². The van der Waals surface area contributed by atoms with Crippen LogP contribution in [0.25, 0.3) is 0 Å². The van der Waals surface area contributed by atoms with E-state index in [1.165, 1.54) is 19.1 Å². The quantitative estimate of drug-likeness (QED) is 0.329. The van der Waals surface area contributed by atoms with Gasteiger partial charge in [0.25, 0.3) is 5.69 Å². The fourth-order valence-corrected chi connectivity index (χ4v) is 3.09. The number of anilines is 1. The highest BCUT2D eigenvalue weighted by Crippen LogP contribution is 2.31. The zero-order valence-electron chi connectivity index (χ0n) is 15.6. The van der Waals surface area contributed by atoms with Gasteiger partial charge in [0, 0.05) is 24.9 Å². The van der Waals surface area contributed by atoms with Crippen LogP contribution in [0.5, 0.6) is 0 Å². The number of carbonyl (C=O) groups is 2.